The Labute approximate surface area is 194 Å². The summed E-state index contributed by atoms with van der Waals surface area (Å²) in [5, 5.41) is 3.23. The molecule has 0 aromatic heterocycles. The zero-order valence-corrected chi connectivity index (χ0v) is 25.4. The van der Waals surface area contributed by atoms with Gasteiger partial charge < -0.3 is 37.9 Å². The van der Waals surface area contributed by atoms with Crippen molar-refractivity contribution in [1.29, 1.82) is 0 Å². The van der Waals surface area contributed by atoms with Crippen LogP contribution in [0.4, 0.5) is 0 Å². The standard InChI is InChI=1S/C20H47NO8Si2/c1-9-11-13-15-28-19(30,26-7)17(22-3,23-4)21-18(24-5,25-6)20(31,27-8)29-16-14-12-10-2/h21H,9-16H2,1-8,30-31H3. The van der Waals surface area contributed by atoms with Crippen molar-refractivity contribution in [2.24, 2.45) is 0 Å². The SMILES string of the molecule is CCCCCOC([SiH3])(OC)C(NC(OC)(OC)C([SiH3])(OC)OCCCCC)(OC)OC. The van der Waals surface area contributed by atoms with E-state index in [-0.39, 0.29) is 0 Å². The molecule has 0 bridgehead atoms. The number of ether oxygens (including phenoxy) is 8. The van der Waals surface area contributed by atoms with Crippen molar-refractivity contribution < 1.29 is 37.9 Å². The van der Waals surface area contributed by atoms with E-state index in [0.717, 1.165) is 38.5 Å². The first kappa shape index (κ1) is 31.1. The monoisotopic (exact) mass is 485 g/mol. The summed E-state index contributed by atoms with van der Waals surface area (Å²) in [6.45, 7) is 5.28. The third kappa shape index (κ3) is 7.54. The Bertz CT molecular complexity index is 428. The van der Waals surface area contributed by atoms with Crippen molar-refractivity contribution in [2.75, 3.05) is 55.9 Å². The Morgan fingerprint density at radius 2 is 0.871 bits per heavy atom. The van der Waals surface area contributed by atoms with E-state index in [1.807, 2.05) is 0 Å². The van der Waals surface area contributed by atoms with E-state index >= 15 is 0 Å². The van der Waals surface area contributed by atoms with Gasteiger partial charge >= 0.3 is 0 Å². The van der Waals surface area contributed by atoms with Crippen LogP contribution in [0.25, 0.3) is 0 Å². The Kier molecular flexibility index (Phi) is 15.1. The smallest absolute Gasteiger partial charge is 0.282 e. The summed E-state index contributed by atoms with van der Waals surface area (Å²) in [5.41, 5.74) is -2.41. The van der Waals surface area contributed by atoms with Crippen LogP contribution < -0.4 is 5.32 Å². The van der Waals surface area contributed by atoms with Crippen LogP contribution in [0.15, 0.2) is 0 Å². The van der Waals surface area contributed by atoms with Crippen LogP contribution in [-0.2, 0) is 37.9 Å². The second kappa shape index (κ2) is 15.1. The molecule has 9 nitrogen and oxygen atoms in total. The van der Waals surface area contributed by atoms with Crippen molar-refractivity contribution in [3.05, 3.63) is 0 Å². The lowest BCUT2D eigenvalue weighted by Crippen LogP contribution is -2.79. The maximum atomic E-state index is 6.17. The molecule has 0 saturated carbocycles. The van der Waals surface area contributed by atoms with Gasteiger partial charge in [0.1, 0.15) is 0 Å². The topological polar surface area (TPSA) is 85.9 Å². The van der Waals surface area contributed by atoms with Gasteiger partial charge in [0.2, 0.25) is 10.8 Å². The maximum Gasteiger partial charge on any atom is 0.282 e. The summed E-state index contributed by atoms with van der Waals surface area (Å²) in [5.74, 6) is -3.10. The van der Waals surface area contributed by atoms with E-state index in [1.165, 1.54) is 28.4 Å². The molecular formula is C20H47NO8Si2. The molecule has 0 heterocycles. The number of nitrogens with one attached hydrogen (secondary N) is 1. The molecule has 0 spiro atoms. The molecule has 0 aromatic carbocycles. The first-order valence-electron chi connectivity index (χ1n) is 11.1. The number of methoxy groups -OCH3 is 6. The molecule has 2 atom stereocenters. The number of hydrogen-bond acceptors (Lipinski definition) is 9. The minimum absolute atomic E-state index is 0.416. The second-order valence-electron chi connectivity index (χ2n) is 7.59. The Hall–Kier alpha value is 0.0738. The minimum atomic E-state index is -1.55. The Balaban J connectivity index is 6.00. The second-order valence-corrected chi connectivity index (χ2v) is 10.2. The van der Waals surface area contributed by atoms with Crippen molar-refractivity contribution in [2.45, 2.75) is 75.0 Å². The molecule has 2 unspecified atom stereocenters. The number of rotatable bonds is 20. The molecule has 0 aliphatic carbocycles. The summed E-state index contributed by atoms with van der Waals surface area (Å²) >= 11 is 0. The average Bonchev–Trinajstić information content (AvgIpc) is 2.80. The van der Waals surface area contributed by atoms with Gasteiger partial charge in [-0.2, -0.15) is 0 Å². The third-order valence-corrected chi connectivity index (χ3v) is 8.41. The van der Waals surface area contributed by atoms with Gasteiger partial charge in [0.05, 0.1) is 20.5 Å². The fourth-order valence-electron chi connectivity index (χ4n) is 3.37. The molecule has 0 aliphatic heterocycles. The van der Waals surface area contributed by atoms with Crippen LogP contribution in [0.5, 0.6) is 0 Å². The van der Waals surface area contributed by atoms with E-state index in [1.54, 1.807) is 14.2 Å². The van der Waals surface area contributed by atoms with Gasteiger partial charge in [-0.15, -0.1) is 0 Å². The van der Waals surface area contributed by atoms with Crippen molar-refractivity contribution in [3.8, 4) is 0 Å². The lowest BCUT2D eigenvalue weighted by Gasteiger charge is -2.52. The van der Waals surface area contributed by atoms with Crippen LogP contribution in [0.1, 0.15) is 52.4 Å². The number of unbranched alkanes of at least 4 members (excludes halogenated alkanes) is 4. The first-order valence-corrected chi connectivity index (χ1v) is 13.1. The summed E-state index contributed by atoms with van der Waals surface area (Å²) in [6, 6.07) is 0. The predicted octanol–water partition coefficient (Wildman–Crippen LogP) is 0.214. The molecule has 0 aromatic rings. The zero-order chi connectivity index (χ0) is 24.0. The first-order chi connectivity index (χ1) is 14.7. The van der Waals surface area contributed by atoms with Gasteiger partial charge in [-0.1, -0.05) is 39.5 Å². The molecular weight excluding hydrogens is 438 g/mol. The molecule has 31 heavy (non-hydrogen) atoms. The van der Waals surface area contributed by atoms with Gasteiger partial charge in [-0.05, 0) is 12.8 Å². The van der Waals surface area contributed by atoms with Crippen LogP contribution >= 0.6 is 0 Å². The largest absolute Gasteiger partial charge is 0.352 e. The van der Waals surface area contributed by atoms with E-state index in [4.69, 9.17) is 37.9 Å². The van der Waals surface area contributed by atoms with Gasteiger partial charge in [-0.3, -0.25) is 0 Å². The Morgan fingerprint density at radius 1 is 0.548 bits per heavy atom. The van der Waals surface area contributed by atoms with Gasteiger partial charge in [0.15, 0.2) is 0 Å². The van der Waals surface area contributed by atoms with Gasteiger partial charge in [0.25, 0.3) is 11.8 Å². The van der Waals surface area contributed by atoms with Gasteiger partial charge in [-0.25, -0.2) is 5.32 Å². The van der Waals surface area contributed by atoms with Crippen LogP contribution in [0.2, 0.25) is 0 Å². The minimum Gasteiger partial charge on any atom is -0.352 e. The highest BCUT2D eigenvalue weighted by atomic mass is 28.2. The van der Waals surface area contributed by atoms with Crippen LogP contribution in [-0.4, -0.2) is 99.0 Å². The quantitative estimate of drug-likeness (QED) is 0.148. The van der Waals surface area contributed by atoms with Crippen molar-refractivity contribution >= 4 is 20.5 Å². The van der Waals surface area contributed by atoms with E-state index in [0.29, 0.717) is 33.7 Å². The van der Waals surface area contributed by atoms with Crippen molar-refractivity contribution in [1.82, 2.24) is 5.32 Å². The van der Waals surface area contributed by atoms with Crippen LogP contribution in [0, 0.1) is 0 Å². The lowest BCUT2D eigenvalue weighted by atomic mass is 10.2. The number of hydrogen-bond donors (Lipinski definition) is 1. The predicted molar refractivity (Wildman–Crippen MR) is 127 cm³/mol. The molecule has 11 heteroatoms. The van der Waals surface area contributed by atoms with Gasteiger partial charge in [0, 0.05) is 55.9 Å². The highest BCUT2D eigenvalue weighted by Crippen LogP contribution is 2.35. The average molecular weight is 486 g/mol. The fourth-order valence-corrected chi connectivity index (χ4v) is 4.85. The molecule has 0 rings (SSSR count). The molecule has 188 valence electrons. The summed E-state index contributed by atoms with van der Waals surface area (Å²) in [7, 11) is 10.0. The Morgan fingerprint density at radius 3 is 1.10 bits per heavy atom. The summed E-state index contributed by atoms with van der Waals surface area (Å²) in [4.78, 5) is 0. The van der Waals surface area contributed by atoms with E-state index in [2.05, 4.69) is 19.2 Å². The summed E-state index contributed by atoms with van der Waals surface area (Å²) in [6.07, 6.45) is 6.09. The zero-order valence-electron chi connectivity index (χ0n) is 21.4. The normalized spacial score (nSPS) is 17.0. The molecule has 1 N–H and O–H groups in total. The van der Waals surface area contributed by atoms with Crippen LogP contribution in [0.3, 0.4) is 0 Å². The molecule has 0 saturated heterocycles. The highest BCUT2D eigenvalue weighted by Gasteiger charge is 2.62. The molecule has 0 amide bonds. The summed E-state index contributed by atoms with van der Waals surface area (Å²) < 4.78 is 47.3. The molecule has 0 aliphatic rings. The van der Waals surface area contributed by atoms with E-state index in [9.17, 15) is 0 Å². The molecule has 0 fully saturated rings. The lowest BCUT2D eigenvalue weighted by molar-refractivity contribution is -0.438. The van der Waals surface area contributed by atoms with Crippen molar-refractivity contribution in [3.63, 3.8) is 0 Å². The van der Waals surface area contributed by atoms with E-state index < -0.39 is 22.6 Å². The molecule has 0 radical (unpaired) electrons. The maximum absolute atomic E-state index is 6.17. The third-order valence-electron chi connectivity index (χ3n) is 5.70. The fraction of sp³-hybridized carbons (Fsp3) is 1.00. The highest BCUT2D eigenvalue weighted by molar-refractivity contribution is 6.14.